The maximum Gasteiger partial charge on any atom is 0.168 e. The van der Waals surface area contributed by atoms with Crippen molar-refractivity contribution >= 4 is 0 Å². The number of ether oxygens (including phenoxy) is 2. The second kappa shape index (κ2) is 8.27. The molecule has 3 heteroatoms. The Kier molecular flexibility index (Phi) is 6.63. The molecule has 0 bridgehead atoms. The smallest absolute Gasteiger partial charge is 0.168 e. The Hall–Kier alpha value is -0.900. The Morgan fingerprint density at radius 2 is 1.91 bits per heavy atom. The molecule has 1 aliphatic heterocycles. The van der Waals surface area contributed by atoms with E-state index in [4.69, 9.17) is 9.47 Å². The molecule has 0 aliphatic carbocycles. The molecule has 1 aliphatic rings. The van der Waals surface area contributed by atoms with Gasteiger partial charge in [0.25, 0.3) is 0 Å². The molecule has 1 heterocycles. The van der Waals surface area contributed by atoms with E-state index in [1.165, 1.54) is 0 Å². The fourth-order valence-corrected chi connectivity index (χ4v) is 3.18. The van der Waals surface area contributed by atoms with Crippen LogP contribution in [-0.4, -0.2) is 23.1 Å². The fraction of sp³-hybridized carbons (Fsp3) is 0.700. The van der Waals surface area contributed by atoms with E-state index in [2.05, 4.69) is 39.8 Å². The van der Waals surface area contributed by atoms with E-state index in [1.807, 2.05) is 18.2 Å². The molecule has 0 spiro atoms. The Labute approximate surface area is 141 Å². The van der Waals surface area contributed by atoms with Gasteiger partial charge in [0.15, 0.2) is 5.79 Å². The highest BCUT2D eigenvalue weighted by atomic mass is 16.6. The molecule has 1 fully saturated rings. The largest absolute Gasteiger partial charge is 0.373 e. The minimum Gasteiger partial charge on any atom is -0.373 e. The zero-order chi connectivity index (χ0) is 16.9. The van der Waals surface area contributed by atoms with Crippen LogP contribution in [0.2, 0.25) is 0 Å². The molecule has 0 aromatic heterocycles. The molecule has 0 radical (unpaired) electrons. The number of hydrogen-bond acceptors (Lipinski definition) is 3. The summed E-state index contributed by atoms with van der Waals surface area (Å²) in [5.74, 6) is -0.269. The number of benzene rings is 1. The van der Waals surface area contributed by atoms with E-state index < -0.39 is 5.79 Å². The van der Waals surface area contributed by atoms with Crippen molar-refractivity contribution in [2.75, 3.05) is 0 Å². The summed E-state index contributed by atoms with van der Waals surface area (Å²) >= 11 is 0. The minimum atomic E-state index is -1.04. The normalized spacial score (nSPS) is 26.7. The third-order valence-electron chi connectivity index (χ3n) is 4.74. The van der Waals surface area contributed by atoms with Crippen LogP contribution >= 0.6 is 0 Å². The van der Waals surface area contributed by atoms with Crippen LogP contribution in [0, 0.1) is 11.8 Å². The van der Waals surface area contributed by atoms with Gasteiger partial charge >= 0.3 is 0 Å². The summed E-state index contributed by atoms with van der Waals surface area (Å²) in [5, 5.41) is 10.9. The summed E-state index contributed by atoms with van der Waals surface area (Å²) in [7, 11) is 0. The predicted molar refractivity (Wildman–Crippen MR) is 93.0 cm³/mol. The van der Waals surface area contributed by atoms with E-state index in [9.17, 15) is 5.11 Å². The molecule has 1 aromatic rings. The first-order chi connectivity index (χ1) is 10.9. The Bertz CT molecular complexity index is 457. The summed E-state index contributed by atoms with van der Waals surface area (Å²) < 4.78 is 12.2. The van der Waals surface area contributed by atoms with E-state index in [0.29, 0.717) is 31.3 Å². The standard InChI is InChI=1S/C20H32O3/c1-15(2)18-11-8-12-20(21,23-18)13-19(16(3)4)22-14-17-9-6-5-7-10-17/h5-7,9-10,15-16,18-19,21H,8,11-14H2,1-4H3. The van der Waals surface area contributed by atoms with E-state index in [-0.39, 0.29) is 12.2 Å². The van der Waals surface area contributed by atoms with Crippen LogP contribution in [0.1, 0.15) is 58.9 Å². The highest BCUT2D eigenvalue weighted by Crippen LogP contribution is 2.35. The van der Waals surface area contributed by atoms with Gasteiger partial charge in [0.2, 0.25) is 0 Å². The summed E-state index contributed by atoms with van der Waals surface area (Å²) in [6, 6.07) is 10.2. The van der Waals surface area contributed by atoms with Crippen LogP contribution in [0.15, 0.2) is 30.3 Å². The van der Waals surface area contributed by atoms with Crippen molar-refractivity contribution in [1.29, 1.82) is 0 Å². The molecule has 0 saturated carbocycles. The highest BCUT2D eigenvalue weighted by molar-refractivity contribution is 5.13. The van der Waals surface area contributed by atoms with Crippen LogP contribution < -0.4 is 0 Å². The first-order valence-electron chi connectivity index (χ1n) is 8.95. The molecule has 1 N–H and O–H groups in total. The SMILES string of the molecule is CC(C)C(CC1(O)CCCC(C(C)C)O1)OCc1ccccc1. The monoisotopic (exact) mass is 320 g/mol. The number of rotatable bonds is 7. The van der Waals surface area contributed by atoms with Crippen LogP contribution in [0.25, 0.3) is 0 Å². The third kappa shape index (κ3) is 5.59. The van der Waals surface area contributed by atoms with E-state index in [1.54, 1.807) is 0 Å². The lowest BCUT2D eigenvalue weighted by Crippen LogP contribution is -2.46. The average Bonchev–Trinajstić information content (AvgIpc) is 2.52. The molecule has 23 heavy (non-hydrogen) atoms. The lowest BCUT2D eigenvalue weighted by atomic mass is 9.90. The first kappa shape index (κ1) is 18.4. The van der Waals surface area contributed by atoms with Gasteiger partial charge in [-0.15, -0.1) is 0 Å². The summed E-state index contributed by atoms with van der Waals surface area (Å²) in [6.07, 6.45) is 3.44. The first-order valence-corrected chi connectivity index (χ1v) is 8.95. The van der Waals surface area contributed by atoms with E-state index in [0.717, 1.165) is 18.4 Å². The van der Waals surface area contributed by atoms with Crippen molar-refractivity contribution in [3.05, 3.63) is 35.9 Å². The molecule has 1 saturated heterocycles. The van der Waals surface area contributed by atoms with Gasteiger partial charge in [-0.1, -0.05) is 58.0 Å². The Balaban J connectivity index is 1.95. The van der Waals surface area contributed by atoms with Gasteiger partial charge in [0, 0.05) is 12.8 Å². The lowest BCUT2D eigenvalue weighted by molar-refractivity contribution is -0.277. The molecule has 130 valence electrons. The second-order valence-corrected chi connectivity index (χ2v) is 7.52. The van der Waals surface area contributed by atoms with Gasteiger partial charge in [-0.25, -0.2) is 0 Å². The molecule has 3 unspecified atom stereocenters. The number of hydrogen-bond donors (Lipinski definition) is 1. The quantitative estimate of drug-likeness (QED) is 0.802. The van der Waals surface area contributed by atoms with Gasteiger partial charge in [-0.3, -0.25) is 0 Å². The van der Waals surface area contributed by atoms with Gasteiger partial charge < -0.3 is 14.6 Å². The second-order valence-electron chi connectivity index (χ2n) is 7.52. The summed E-state index contributed by atoms with van der Waals surface area (Å²) in [5.41, 5.74) is 1.16. The van der Waals surface area contributed by atoms with Crippen LogP contribution in [0.4, 0.5) is 0 Å². The molecule has 2 rings (SSSR count). The summed E-state index contributed by atoms with van der Waals surface area (Å²) in [4.78, 5) is 0. The van der Waals surface area contributed by atoms with Crippen LogP contribution in [0.3, 0.4) is 0 Å². The van der Waals surface area contributed by atoms with Gasteiger partial charge in [-0.05, 0) is 30.2 Å². The van der Waals surface area contributed by atoms with Crippen molar-refractivity contribution in [2.24, 2.45) is 11.8 Å². The molecule has 3 atom stereocenters. The van der Waals surface area contributed by atoms with Crippen molar-refractivity contribution in [3.8, 4) is 0 Å². The maximum atomic E-state index is 10.9. The highest BCUT2D eigenvalue weighted by Gasteiger charge is 2.39. The third-order valence-corrected chi connectivity index (χ3v) is 4.74. The average molecular weight is 320 g/mol. The predicted octanol–water partition coefficient (Wildman–Crippen LogP) is 4.53. The Morgan fingerprint density at radius 3 is 2.52 bits per heavy atom. The number of aliphatic hydroxyl groups is 1. The zero-order valence-electron chi connectivity index (χ0n) is 15.0. The van der Waals surface area contributed by atoms with E-state index >= 15 is 0 Å². The maximum absolute atomic E-state index is 10.9. The van der Waals surface area contributed by atoms with Gasteiger partial charge in [-0.2, -0.15) is 0 Å². The molecule has 1 aromatic carbocycles. The topological polar surface area (TPSA) is 38.7 Å². The van der Waals surface area contributed by atoms with Gasteiger partial charge in [0.1, 0.15) is 0 Å². The summed E-state index contributed by atoms with van der Waals surface area (Å²) in [6.45, 7) is 9.17. The van der Waals surface area contributed by atoms with Crippen LogP contribution in [0.5, 0.6) is 0 Å². The van der Waals surface area contributed by atoms with Crippen molar-refractivity contribution in [1.82, 2.24) is 0 Å². The Morgan fingerprint density at radius 1 is 1.22 bits per heavy atom. The van der Waals surface area contributed by atoms with Crippen molar-refractivity contribution < 1.29 is 14.6 Å². The zero-order valence-corrected chi connectivity index (χ0v) is 15.0. The van der Waals surface area contributed by atoms with Gasteiger partial charge in [0.05, 0.1) is 18.8 Å². The molecular weight excluding hydrogens is 288 g/mol. The molecule has 0 amide bonds. The van der Waals surface area contributed by atoms with Crippen molar-refractivity contribution in [2.45, 2.75) is 78.0 Å². The van der Waals surface area contributed by atoms with Crippen LogP contribution in [-0.2, 0) is 16.1 Å². The minimum absolute atomic E-state index is 0.00822. The molecular formula is C20H32O3. The fourth-order valence-electron chi connectivity index (χ4n) is 3.18. The lowest BCUT2D eigenvalue weighted by Gasteiger charge is -2.41. The van der Waals surface area contributed by atoms with Crippen molar-refractivity contribution in [3.63, 3.8) is 0 Å². The molecule has 3 nitrogen and oxygen atoms in total.